The van der Waals surface area contributed by atoms with Crippen LogP contribution in [0.3, 0.4) is 0 Å². The van der Waals surface area contributed by atoms with Gasteiger partial charge in [0.2, 0.25) is 0 Å². The molecule has 0 saturated carbocycles. The first-order valence-electron chi connectivity index (χ1n) is 7.64. The molecule has 1 aromatic heterocycles. The fourth-order valence-corrected chi connectivity index (χ4v) is 4.86. The summed E-state index contributed by atoms with van der Waals surface area (Å²) >= 11 is 0.874. The number of rotatable bonds is 3. The average Bonchev–Trinajstić information content (AvgIpc) is 3.13. The largest absolute Gasteiger partial charge is 0.334 e. The fourth-order valence-electron chi connectivity index (χ4n) is 2.97. The van der Waals surface area contributed by atoms with E-state index >= 15 is 4.39 Å². The Hall–Kier alpha value is -1.80. The van der Waals surface area contributed by atoms with Crippen molar-refractivity contribution in [3.05, 3.63) is 52.2 Å². The Balaban J connectivity index is 1.82. The number of carbonyl (C=O) groups excluding carboxylic acids is 1. The minimum Gasteiger partial charge on any atom is -0.334 e. The Morgan fingerprint density at radius 2 is 2.00 bits per heavy atom. The lowest BCUT2D eigenvalue weighted by molar-refractivity contribution is 0.0755. The van der Waals surface area contributed by atoms with Crippen LogP contribution in [0.4, 0.5) is 8.78 Å². The predicted octanol–water partition coefficient (Wildman–Crippen LogP) is 3.31. The minimum absolute atomic E-state index is 0.0753. The van der Waals surface area contributed by atoms with Gasteiger partial charge in [-0.1, -0.05) is 6.07 Å². The van der Waals surface area contributed by atoms with E-state index in [1.54, 1.807) is 13.0 Å². The second-order valence-corrected chi connectivity index (χ2v) is 9.68. The molecule has 25 heavy (non-hydrogen) atoms. The van der Waals surface area contributed by atoms with Gasteiger partial charge in [0.25, 0.3) is 5.91 Å². The quantitative estimate of drug-likeness (QED) is 0.815. The van der Waals surface area contributed by atoms with E-state index in [2.05, 4.69) is 0 Å². The third-order valence-corrected chi connectivity index (χ3v) is 7.12. The van der Waals surface area contributed by atoms with Crippen LogP contribution in [0.1, 0.15) is 27.2 Å². The van der Waals surface area contributed by atoms with Crippen molar-refractivity contribution >= 4 is 27.1 Å². The molecule has 1 amide bonds. The van der Waals surface area contributed by atoms with Gasteiger partial charge in [-0.3, -0.25) is 4.79 Å². The van der Waals surface area contributed by atoms with Crippen molar-refractivity contribution in [3.8, 4) is 0 Å². The highest BCUT2D eigenvalue weighted by Gasteiger charge is 2.42. The van der Waals surface area contributed by atoms with E-state index < -0.39 is 27.2 Å². The van der Waals surface area contributed by atoms with Crippen LogP contribution in [-0.4, -0.2) is 38.6 Å². The number of alkyl halides is 1. The van der Waals surface area contributed by atoms with Gasteiger partial charge in [0.15, 0.2) is 15.5 Å². The molecule has 0 bridgehead atoms. The summed E-state index contributed by atoms with van der Waals surface area (Å²) in [6, 6.07) is 6.89. The number of hydrogen-bond acceptors (Lipinski definition) is 4. The lowest BCUT2D eigenvalue weighted by Gasteiger charge is -2.21. The lowest BCUT2D eigenvalue weighted by Crippen LogP contribution is -2.31. The maximum Gasteiger partial charge on any atom is 0.264 e. The molecule has 1 atom stereocenters. The number of halogens is 2. The smallest absolute Gasteiger partial charge is 0.264 e. The van der Waals surface area contributed by atoms with Gasteiger partial charge < -0.3 is 4.90 Å². The number of sulfone groups is 1. The van der Waals surface area contributed by atoms with Crippen LogP contribution in [0.2, 0.25) is 0 Å². The molecule has 1 unspecified atom stereocenters. The highest BCUT2D eigenvalue weighted by molar-refractivity contribution is 7.92. The van der Waals surface area contributed by atoms with Crippen LogP contribution < -0.4 is 0 Å². The molecular formula is C17H17F2NO3S2. The number of hydrogen-bond donors (Lipinski definition) is 0. The molecule has 1 saturated heterocycles. The summed E-state index contributed by atoms with van der Waals surface area (Å²) in [5.41, 5.74) is -0.962. The van der Waals surface area contributed by atoms with Gasteiger partial charge in [0.05, 0.1) is 11.4 Å². The Labute approximate surface area is 149 Å². The van der Waals surface area contributed by atoms with E-state index in [0.29, 0.717) is 5.56 Å². The molecule has 0 radical (unpaired) electrons. The van der Waals surface area contributed by atoms with Crippen molar-refractivity contribution in [2.24, 2.45) is 0 Å². The summed E-state index contributed by atoms with van der Waals surface area (Å²) in [4.78, 5) is 14.1. The zero-order chi connectivity index (χ0) is 18.4. The molecule has 1 aliphatic rings. The Morgan fingerprint density at radius 3 is 2.60 bits per heavy atom. The van der Waals surface area contributed by atoms with Crippen molar-refractivity contribution in [1.82, 2.24) is 4.90 Å². The van der Waals surface area contributed by atoms with E-state index in [9.17, 15) is 17.6 Å². The zero-order valence-electron chi connectivity index (χ0n) is 13.8. The number of carbonyl (C=O) groups is 1. The van der Waals surface area contributed by atoms with Gasteiger partial charge >= 0.3 is 0 Å². The summed E-state index contributed by atoms with van der Waals surface area (Å²) in [5.74, 6) is -0.916. The summed E-state index contributed by atoms with van der Waals surface area (Å²) < 4.78 is 52.0. The molecule has 2 heterocycles. The van der Waals surface area contributed by atoms with Crippen molar-refractivity contribution in [2.45, 2.75) is 23.2 Å². The van der Waals surface area contributed by atoms with Crippen molar-refractivity contribution in [2.75, 3.05) is 19.3 Å². The first kappa shape index (κ1) is 18.0. The number of likely N-dealkylation sites (tertiary alicyclic amines) is 1. The molecule has 8 heteroatoms. The van der Waals surface area contributed by atoms with Crippen LogP contribution in [0, 0.1) is 12.7 Å². The SMILES string of the molecule is Cc1cc(F)cc(C2(F)CCN(C(=O)c3ccc(S(C)(=O)=O)s3)C2)c1. The van der Waals surface area contributed by atoms with Gasteiger partial charge in [-0.05, 0) is 42.3 Å². The van der Waals surface area contributed by atoms with E-state index in [-0.39, 0.29) is 34.2 Å². The molecular weight excluding hydrogens is 368 g/mol. The average molecular weight is 385 g/mol. The maximum absolute atomic E-state index is 15.3. The first-order chi connectivity index (χ1) is 11.6. The van der Waals surface area contributed by atoms with Crippen molar-refractivity contribution < 1.29 is 22.0 Å². The van der Waals surface area contributed by atoms with Crippen molar-refractivity contribution in [3.63, 3.8) is 0 Å². The van der Waals surface area contributed by atoms with E-state index in [1.165, 1.54) is 23.1 Å². The molecule has 4 nitrogen and oxygen atoms in total. The highest BCUT2D eigenvalue weighted by Crippen LogP contribution is 2.38. The van der Waals surface area contributed by atoms with Crippen LogP contribution in [0.5, 0.6) is 0 Å². The van der Waals surface area contributed by atoms with E-state index in [1.807, 2.05) is 0 Å². The van der Waals surface area contributed by atoms with Gasteiger partial charge in [-0.15, -0.1) is 11.3 Å². The van der Waals surface area contributed by atoms with E-state index in [4.69, 9.17) is 0 Å². The molecule has 0 spiro atoms. The molecule has 1 fully saturated rings. The molecule has 3 rings (SSSR count). The molecule has 2 aromatic rings. The molecule has 1 aromatic carbocycles. The number of benzene rings is 1. The zero-order valence-corrected chi connectivity index (χ0v) is 15.4. The topological polar surface area (TPSA) is 54.5 Å². The Kier molecular flexibility index (Phi) is 4.45. The van der Waals surface area contributed by atoms with E-state index in [0.717, 1.165) is 23.7 Å². The Morgan fingerprint density at radius 1 is 1.28 bits per heavy atom. The Bertz CT molecular complexity index is 919. The van der Waals surface area contributed by atoms with Crippen LogP contribution >= 0.6 is 11.3 Å². The lowest BCUT2D eigenvalue weighted by atomic mass is 9.93. The molecule has 1 aliphatic heterocycles. The highest BCUT2D eigenvalue weighted by atomic mass is 32.2. The summed E-state index contributed by atoms with van der Waals surface area (Å²) in [7, 11) is -3.38. The van der Waals surface area contributed by atoms with Gasteiger partial charge in [0, 0.05) is 19.2 Å². The maximum atomic E-state index is 15.3. The molecule has 134 valence electrons. The number of thiophene rings is 1. The second kappa shape index (κ2) is 6.17. The van der Waals surface area contributed by atoms with Crippen molar-refractivity contribution in [1.29, 1.82) is 0 Å². The molecule has 0 aliphatic carbocycles. The fraction of sp³-hybridized carbons (Fsp3) is 0.353. The third-order valence-electron chi connectivity index (χ3n) is 4.22. The normalized spacial score (nSPS) is 20.9. The van der Waals surface area contributed by atoms with Gasteiger partial charge in [-0.25, -0.2) is 17.2 Å². The monoisotopic (exact) mass is 385 g/mol. The third kappa shape index (κ3) is 3.59. The summed E-state index contributed by atoms with van der Waals surface area (Å²) in [6.45, 7) is 1.70. The predicted molar refractivity (Wildman–Crippen MR) is 91.9 cm³/mol. The second-order valence-electron chi connectivity index (χ2n) is 6.35. The summed E-state index contributed by atoms with van der Waals surface area (Å²) in [6.07, 6.45) is 1.15. The number of nitrogens with zero attached hydrogens (tertiary/aromatic N) is 1. The van der Waals surface area contributed by atoms with Gasteiger partial charge in [0.1, 0.15) is 10.0 Å². The summed E-state index contributed by atoms with van der Waals surface area (Å²) in [5, 5.41) is 0. The first-order valence-corrected chi connectivity index (χ1v) is 10.3. The van der Waals surface area contributed by atoms with Crippen LogP contribution in [0.25, 0.3) is 0 Å². The van der Waals surface area contributed by atoms with Gasteiger partial charge in [-0.2, -0.15) is 0 Å². The van der Waals surface area contributed by atoms with Crippen LogP contribution in [-0.2, 0) is 15.5 Å². The number of aryl methyl sites for hydroxylation is 1. The number of amides is 1. The standard InChI is InChI=1S/C17H17F2NO3S2/c1-11-7-12(9-13(18)8-11)17(19)5-6-20(10-17)16(21)14-3-4-15(24-14)25(2,22)23/h3-4,7-9H,5-6,10H2,1-2H3. The minimum atomic E-state index is -3.38. The van der Waals surface area contributed by atoms with Crippen LogP contribution in [0.15, 0.2) is 34.5 Å². The molecule has 0 N–H and O–H groups in total.